The number of piperidine rings is 1. The number of hydrogen-bond donors (Lipinski definition) is 2. The summed E-state index contributed by atoms with van der Waals surface area (Å²) in [5.74, 6) is 0.311. The zero-order valence-electron chi connectivity index (χ0n) is 11.9. The number of aryl methyl sites for hydroxylation is 1. The second-order valence-corrected chi connectivity index (χ2v) is 5.37. The van der Waals surface area contributed by atoms with Gasteiger partial charge < -0.3 is 10.6 Å². The molecule has 19 heavy (non-hydrogen) atoms. The molecule has 1 aromatic carbocycles. The van der Waals surface area contributed by atoms with Crippen LogP contribution in [-0.2, 0) is 11.2 Å². The monoisotopic (exact) mass is 260 g/mol. The van der Waals surface area contributed by atoms with E-state index in [0.29, 0.717) is 0 Å². The molecule has 0 aliphatic carbocycles. The van der Waals surface area contributed by atoms with Crippen LogP contribution in [-0.4, -0.2) is 19.0 Å². The van der Waals surface area contributed by atoms with Crippen LogP contribution in [0.1, 0.15) is 43.9 Å². The maximum Gasteiger partial charge on any atom is 0.224 e. The summed E-state index contributed by atoms with van der Waals surface area (Å²) in [6.45, 7) is 6.05. The number of nitrogens with one attached hydrogen (secondary N) is 2. The minimum atomic E-state index is 0.0836. The summed E-state index contributed by atoms with van der Waals surface area (Å²) in [5.41, 5.74) is 2.51. The number of hydrogen-bond acceptors (Lipinski definition) is 2. The number of rotatable bonds is 4. The van der Waals surface area contributed by atoms with E-state index in [2.05, 4.69) is 48.7 Å². The van der Waals surface area contributed by atoms with Gasteiger partial charge in [0.25, 0.3) is 0 Å². The molecule has 3 nitrogen and oxygen atoms in total. The molecule has 3 heteroatoms. The van der Waals surface area contributed by atoms with Crippen LogP contribution >= 0.6 is 0 Å². The molecule has 0 aromatic heterocycles. The molecule has 0 spiro atoms. The number of amides is 1. The number of carbonyl (C=O) groups excluding carboxylic acids is 1. The highest BCUT2D eigenvalue weighted by atomic mass is 16.1. The van der Waals surface area contributed by atoms with Crippen LogP contribution < -0.4 is 10.6 Å². The minimum absolute atomic E-state index is 0.0836. The molecule has 1 aliphatic rings. The van der Waals surface area contributed by atoms with Gasteiger partial charge in [-0.1, -0.05) is 31.2 Å². The second kappa shape index (κ2) is 6.71. The summed E-state index contributed by atoms with van der Waals surface area (Å²) in [7, 11) is 0. The van der Waals surface area contributed by atoms with Gasteiger partial charge >= 0.3 is 0 Å². The van der Waals surface area contributed by atoms with Gasteiger partial charge in [-0.05, 0) is 43.9 Å². The molecular weight excluding hydrogens is 236 g/mol. The van der Waals surface area contributed by atoms with Crippen molar-refractivity contribution in [1.29, 1.82) is 0 Å². The number of carbonyl (C=O) groups is 1. The summed E-state index contributed by atoms with van der Waals surface area (Å²) in [6, 6.07) is 8.59. The predicted molar refractivity (Wildman–Crippen MR) is 78.0 cm³/mol. The van der Waals surface area contributed by atoms with Crippen LogP contribution in [0.2, 0.25) is 0 Å². The number of benzene rings is 1. The Kier molecular flexibility index (Phi) is 4.97. The van der Waals surface area contributed by atoms with Gasteiger partial charge in [-0.25, -0.2) is 0 Å². The van der Waals surface area contributed by atoms with Gasteiger partial charge in [-0.3, -0.25) is 4.79 Å². The molecule has 1 heterocycles. The fraction of sp³-hybridized carbons (Fsp3) is 0.562. The highest BCUT2D eigenvalue weighted by molar-refractivity contribution is 5.79. The van der Waals surface area contributed by atoms with Crippen molar-refractivity contribution in [2.45, 2.75) is 39.2 Å². The van der Waals surface area contributed by atoms with Crippen LogP contribution in [0.15, 0.2) is 24.3 Å². The third kappa shape index (κ3) is 3.80. The first kappa shape index (κ1) is 14.1. The largest absolute Gasteiger partial charge is 0.349 e. The van der Waals surface area contributed by atoms with E-state index in [1.807, 2.05) is 0 Å². The van der Waals surface area contributed by atoms with Gasteiger partial charge in [-0.2, -0.15) is 0 Å². The summed E-state index contributed by atoms with van der Waals surface area (Å²) in [5, 5.41) is 6.41. The van der Waals surface area contributed by atoms with Gasteiger partial charge in [0.15, 0.2) is 0 Å². The fourth-order valence-corrected chi connectivity index (χ4v) is 2.53. The molecule has 1 amide bonds. The van der Waals surface area contributed by atoms with Crippen molar-refractivity contribution in [2.24, 2.45) is 5.92 Å². The van der Waals surface area contributed by atoms with E-state index in [0.717, 1.165) is 32.4 Å². The molecule has 2 atom stereocenters. The van der Waals surface area contributed by atoms with E-state index < -0.39 is 0 Å². The van der Waals surface area contributed by atoms with Crippen molar-refractivity contribution >= 4 is 5.91 Å². The normalized spacial score (nSPS) is 20.8. The van der Waals surface area contributed by atoms with Gasteiger partial charge in [0, 0.05) is 6.54 Å². The van der Waals surface area contributed by atoms with Crippen LogP contribution in [0.5, 0.6) is 0 Å². The Morgan fingerprint density at radius 3 is 2.74 bits per heavy atom. The Labute approximate surface area is 115 Å². The van der Waals surface area contributed by atoms with Crippen LogP contribution in [0.4, 0.5) is 0 Å². The van der Waals surface area contributed by atoms with Crippen molar-refractivity contribution in [1.82, 2.24) is 10.6 Å². The third-order valence-electron chi connectivity index (χ3n) is 3.91. The zero-order chi connectivity index (χ0) is 13.7. The van der Waals surface area contributed by atoms with E-state index in [-0.39, 0.29) is 17.9 Å². The lowest BCUT2D eigenvalue weighted by Crippen LogP contribution is -2.41. The second-order valence-electron chi connectivity index (χ2n) is 5.37. The van der Waals surface area contributed by atoms with E-state index in [1.54, 1.807) is 0 Å². The molecule has 0 bridgehead atoms. The Balaban J connectivity index is 1.91. The summed E-state index contributed by atoms with van der Waals surface area (Å²) >= 11 is 0. The highest BCUT2D eigenvalue weighted by Gasteiger charge is 2.22. The van der Waals surface area contributed by atoms with E-state index >= 15 is 0 Å². The Bertz CT molecular complexity index is 407. The van der Waals surface area contributed by atoms with E-state index in [1.165, 1.54) is 11.1 Å². The first-order valence-electron chi connectivity index (χ1n) is 7.30. The van der Waals surface area contributed by atoms with E-state index in [4.69, 9.17) is 0 Å². The van der Waals surface area contributed by atoms with E-state index in [9.17, 15) is 4.79 Å². The van der Waals surface area contributed by atoms with Crippen molar-refractivity contribution in [3.63, 3.8) is 0 Å². The fourth-order valence-electron chi connectivity index (χ4n) is 2.53. The van der Waals surface area contributed by atoms with Gasteiger partial charge in [0.05, 0.1) is 12.0 Å². The molecule has 1 aromatic rings. The van der Waals surface area contributed by atoms with Crippen molar-refractivity contribution in [3.05, 3.63) is 35.4 Å². The maximum atomic E-state index is 12.2. The van der Waals surface area contributed by atoms with Crippen molar-refractivity contribution in [3.8, 4) is 0 Å². The molecular formula is C16H24N2O. The lowest BCUT2D eigenvalue weighted by Gasteiger charge is -2.24. The molecule has 2 N–H and O–H groups in total. The van der Waals surface area contributed by atoms with Crippen molar-refractivity contribution in [2.75, 3.05) is 13.1 Å². The topological polar surface area (TPSA) is 41.1 Å². The first-order chi connectivity index (χ1) is 9.20. The molecule has 1 fully saturated rings. The van der Waals surface area contributed by atoms with Gasteiger partial charge in [-0.15, -0.1) is 0 Å². The lowest BCUT2D eigenvalue weighted by atomic mass is 9.97. The maximum absolute atomic E-state index is 12.2. The Morgan fingerprint density at radius 1 is 1.42 bits per heavy atom. The molecule has 1 saturated heterocycles. The summed E-state index contributed by atoms with van der Waals surface area (Å²) < 4.78 is 0. The molecule has 0 radical (unpaired) electrons. The average molecular weight is 260 g/mol. The zero-order valence-corrected chi connectivity index (χ0v) is 11.9. The molecule has 0 saturated carbocycles. The van der Waals surface area contributed by atoms with Gasteiger partial charge in [0.1, 0.15) is 0 Å². The summed E-state index contributed by atoms with van der Waals surface area (Å²) in [4.78, 5) is 12.2. The Hall–Kier alpha value is -1.35. The molecule has 104 valence electrons. The Morgan fingerprint density at radius 2 is 2.16 bits per heavy atom. The third-order valence-corrected chi connectivity index (χ3v) is 3.91. The average Bonchev–Trinajstić information content (AvgIpc) is 2.48. The van der Waals surface area contributed by atoms with Crippen LogP contribution in [0.25, 0.3) is 0 Å². The molecule has 2 unspecified atom stereocenters. The standard InChI is InChI=1S/C16H24N2O/c1-3-13-6-8-14(9-7-13)12(2)18-16(19)15-5-4-10-17-11-15/h6-9,12,15,17H,3-5,10-11H2,1-2H3,(H,18,19). The minimum Gasteiger partial charge on any atom is -0.349 e. The van der Waals surface area contributed by atoms with Crippen LogP contribution in [0, 0.1) is 5.92 Å². The first-order valence-corrected chi connectivity index (χ1v) is 7.30. The highest BCUT2D eigenvalue weighted by Crippen LogP contribution is 2.16. The lowest BCUT2D eigenvalue weighted by molar-refractivity contribution is -0.126. The quantitative estimate of drug-likeness (QED) is 0.873. The molecule has 1 aliphatic heterocycles. The van der Waals surface area contributed by atoms with Gasteiger partial charge in [0.2, 0.25) is 5.91 Å². The predicted octanol–water partition coefficient (Wildman–Crippen LogP) is 2.43. The van der Waals surface area contributed by atoms with Crippen LogP contribution in [0.3, 0.4) is 0 Å². The molecule has 2 rings (SSSR count). The smallest absolute Gasteiger partial charge is 0.224 e. The SMILES string of the molecule is CCc1ccc(C(C)NC(=O)C2CCCNC2)cc1. The summed E-state index contributed by atoms with van der Waals surface area (Å²) in [6.07, 6.45) is 3.15. The van der Waals surface area contributed by atoms with Crippen molar-refractivity contribution < 1.29 is 4.79 Å².